The molecule has 0 spiro atoms. The van der Waals surface area contributed by atoms with E-state index in [1.165, 1.54) is 6.07 Å². The van der Waals surface area contributed by atoms with Crippen molar-refractivity contribution in [3.63, 3.8) is 0 Å². The van der Waals surface area contributed by atoms with Gasteiger partial charge in [-0.25, -0.2) is 9.69 Å². The van der Waals surface area contributed by atoms with Crippen molar-refractivity contribution in [2.75, 3.05) is 10.2 Å². The van der Waals surface area contributed by atoms with Gasteiger partial charge in [-0.15, -0.1) is 0 Å². The molecule has 2 amide bonds. The molecule has 26 heavy (non-hydrogen) atoms. The van der Waals surface area contributed by atoms with E-state index in [0.29, 0.717) is 15.7 Å². The van der Waals surface area contributed by atoms with Crippen LogP contribution in [0.1, 0.15) is 16.8 Å². The van der Waals surface area contributed by atoms with Crippen LogP contribution in [0, 0.1) is 0 Å². The molecule has 134 valence electrons. The molecule has 1 atom stereocenters. The Bertz CT molecular complexity index is 911. The van der Waals surface area contributed by atoms with Crippen LogP contribution in [-0.2, 0) is 9.59 Å². The van der Waals surface area contributed by atoms with Crippen LogP contribution in [0.4, 0.5) is 11.4 Å². The Morgan fingerprint density at radius 3 is 2.38 bits per heavy atom. The number of carboxylic acids is 1. The topological polar surface area (TPSA) is 107 Å². The van der Waals surface area contributed by atoms with E-state index < -0.39 is 29.6 Å². The number of phenols is 1. The van der Waals surface area contributed by atoms with Crippen LogP contribution in [-0.4, -0.2) is 34.0 Å². The SMILES string of the molecule is O=C(O)c1ccc(N2C(=O)CC(Nc3c(Cl)cccc3Cl)C2=O)cc1O. The molecule has 9 heteroatoms. The monoisotopic (exact) mass is 394 g/mol. The largest absolute Gasteiger partial charge is 0.507 e. The van der Waals surface area contributed by atoms with Gasteiger partial charge in [0.05, 0.1) is 27.8 Å². The number of nitrogens with zero attached hydrogens (tertiary/aromatic N) is 1. The van der Waals surface area contributed by atoms with Crippen LogP contribution < -0.4 is 10.2 Å². The number of benzene rings is 2. The second-order valence-electron chi connectivity index (χ2n) is 5.57. The summed E-state index contributed by atoms with van der Waals surface area (Å²) in [5.41, 5.74) is 0.0929. The number of carboxylic acid groups (broad SMARTS) is 1. The first kappa shape index (κ1) is 18.0. The summed E-state index contributed by atoms with van der Waals surface area (Å²) in [7, 11) is 0. The fourth-order valence-corrected chi connectivity index (χ4v) is 3.17. The number of rotatable bonds is 4. The number of imide groups is 1. The third-order valence-electron chi connectivity index (χ3n) is 3.90. The van der Waals surface area contributed by atoms with E-state index in [2.05, 4.69) is 5.32 Å². The number of carbonyl (C=O) groups excluding carboxylic acids is 2. The number of nitrogens with one attached hydrogen (secondary N) is 1. The van der Waals surface area contributed by atoms with Crippen LogP contribution in [0.3, 0.4) is 0 Å². The third-order valence-corrected chi connectivity index (χ3v) is 4.53. The molecule has 0 saturated carbocycles. The zero-order chi connectivity index (χ0) is 19.0. The molecule has 7 nitrogen and oxygen atoms in total. The smallest absolute Gasteiger partial charge is 0.339 e. The molecular formula is C17H12Cl2N2O5. The van der Waals surface area contributed by atoms with E-state index in [0.717, 1.165) is 17.0 Å². The maximum absolute atomic E-state index is 12.6. The summed E-state index contributed by atoms with van der Waals surface area (Å²) in [5, 5.41) is 22.2. The Kier molecular flexibility index (Phi) is 4.76. The van der Waals surface area contributed by atoms with Crippen molar-refractivity contribution in [2.24, 2.45) is 0 Å². The molecular weight excluding hydrogens is 383 g/mol. The standard InChI is InChI=1S/C17H12Cl2N2O5/c18-10-2-1-3-11(19)15(10)20-12-7-14(23)21(16(12)24)8-4-5-9(17(25)26)13(22)6-8/h1-6,12,20,22H,7H2,(H,25,26). The highest BCUT2D eigenvalue weighted by Crippen LogP contribution is 2.34. The average molecular weight is 395 g/mol. The number of halogens is 2. The molecule has 2 aromatic carbocycles. The number of hydrogen-bond donors (Lipinski definition) is 3. The summed E-state index contributed by atoms with van der Waals surface area (Å²) in [5.74, 6) is -2.92. The van der Waals surface area contributed by atoms with E-state index >= 15 is 0 Å². The lowest BCUT2D eigenvalue weighted by Crippen LogP contribution is -2.34. The predicted octanol–water partition coefficient (Wildman–Crippen LogP) is 3.14. The number of carbonyl (C=O) groups is 3. The van der Waals surface area contributed by atoms with Gasteiger partial charge in [-0.05, 0) is 24.3 Å². The minimum Gasteiger partial charge on any atom is -0.507 e. The van der Waals surface area contributed by atoms with E-state index in [1.807, 2.05) is 0 Å². The first-order chi connectivity index (χ1) is 12.3. The molecule has 1 heterocycles. The van der Waals surface area contributed by atoms with Gasteiger partial charge in [0.1, 0.15) is 17.4 Å². The number of anilines is 2. The van der Waals surface area contributed by atoms with Crippen LogP contribution >= 0.6 is 23.2 Å². The number of aromatic hydroxyl groups is 1. The third kappa shape index (κ3) is 3.18. The van der Waals surface area contributed by atoms with Crippen molar-refractivity contribution >= 4 is 52.4 Å². The minimum atomic E-state index is -1.32. The maximum atomic E-state index is 12.6. The van der Waals surface area contributed by atoms with Gasteiger partial charge >= 0.3 is 5.97 Å². The van der Waals surface area contributed by atoms with Crippen LogP contribution in [0.25, 0.3) is 0 Å². The Hall–Kier alpha value is -2.77. The molecule has 0 aliphatic carbocycles. The second-order valence-corrected chi connectivity index (χ2v) is 6.39. The Balaban J connectivity index is 1.88. The number of para-hydroxylation sites is 1. The summed E-state index contributed by atoms with van der Waals surface area (Å²) < 4.78 is 0. The highest BCUT2D eigenvalue weighted by atomic mass is 35.5. The van der Waals surface area contributed by atoms with Gasteiger partial charge in [0.25, 0.3) is 5.91 Å². The van der Waals surface area contributed by atoms with Gasteiger partial charge in [0.2, 0.25) is 5.91 Å². The van der Waals surface area contributed by atoms with Gasteiger partial charge in [-0.1, -0.05) is 29.3 Å². The lowest BCUT2D eigenvalue weighted by molar-refractivity contribution is -0.121. The summed E-state index contributed by atoms with van der Waals surface area (Å²) in [6, 6.07) is 7.42. The molecule has 1 aliphatic heterocycles. The number of amides is 2. The average Bonchev–Trinajstić information content (AvgIpc) is 2.84. The van der Waals surface area contributed by atoms with Crippen molar-refractivity contribution in [3.8, 4) is 5.75 Å². The lowest BCUT2D eigenvalue weighted by atomic mass is 10.1. The quantitative estimate of drug-likeness (QED) is 0.687. The first-order valence-electron chi connectivity index (χ1n) is 7.43. The highest BCUT2D eigenvalue weighted by Gasteiger charge is 2.40. The molecule has 1 fully saturated rings. The molecule has 0 radical (unpaired) electrons. The highest BCUT2D eigenvalue weighted by molar-refractivity contribution is 6.39. The van der Waals surface area contributed by atoms with Crippen molar-refractivity contribution in [1.29, 1.82) is 0 Å². The number of hydrogen-bond acceptors (Lipinski definition) is 5. The zero-order valence-electron chi connectivity index (χ0n) is 13.1. The molecule has 3 rings (SSSR count). The molecule has 1 unspecified atom stereocenters. The van der Waals surface area contributed by atoms with Crippen molar-refractivity contribution in [3.05, 3.63) is 52.0 Å². The molecule has 1 saturated heterocycles. The summed E-state index contributed by atoms with van der Waals surface area (Å²) in [6.45, 7) is 0. The normalized spacial score (nSPS) is 16.8. The van der Waals surface area contributed by atoms with E-state index in [-0.39, 0.29) is 17.7 Å². The maximum Gasteiger partial charge on any atom is 0.339 e. The van der Waals surface area contributed by atoms with Crippen LogP contribution in [0.2, 0.25) is 10.0 Å². The molecule has 0 aromatic heterocycles. The van der Waals surface area contributed by atoms with E-state index in [9.17, 15) is 19.5 Å². The van der Waals surface area contributed by atoms with Gasteiger partial charge in [-0.2, -0.15) is 0 Å². The van der Waals surface area contributed by atoms with Crippen molar-refractivity contribution < 1.29 is 24.6 Å². The molecule has 2 aromatic rings. The van der Waals surface area contributed by atoms with Gasteiger partial charge in [0.15, 0.2) is 0 Å². The van der Waals surface area contributed by atoms with Crippen LogP contribution in [0.15, 0.2) is 36.4 Å². The fraction of sp³-hybridized carbons (Fsp3) is 0.118. The van der Waals surface area contributed by atoms with Gasteiger partial charge in [-0.3, -0.25) is 9.59 Å². The Morgan fingerprint density at radius 1 is 1.15 bits per heavy atom. The lowest BCUT2D eigenvalue weighted by Gasteiger charge is -2.17. The summed E-state index contributed by atoms with van der Waals surface area (Å²) in [4.78, 5) is 36.8. The first-order valence-corrected chi connectivity index (χ1v) is 8.19. The van der Waals surface area contributed by atoms with E-state index in [4.69, 9.17) is 28.3 Å². The fourth-order valence-electron chi connectivity index (χ4n) is 2.67. The summed E-state index contributed by atoms with van der Waals surface area (Å²) >= 11 is 12.1. The predicted molar refractivity (Wildman–Crippen MR) is 96.0 cm³/mol. The number of aromatic carboxylic acids is 1. The molecule has 1 aliphatic rings. The summed E-state index contributed by atoms with van der Waals surface area (Å²) in [6.07, 6.45) is -0.137. The van der Waals surface area contributed by atoms with Crippen molar-refractivity contribution in [1.82, 2.24) is 0 Å². The molecule has 3 N–H and O–H groups in total. The Morgan fingerprint density at radius 2 is 1.81 bits per heavy atom. The zero-order valence-corrected chi connectivity index (χ0v) is 14.6. The van der Waals surface area contributed by atoms with Gasteiger partial charge in [0, 0.05) is 6.07 Å². The van der Waals surface area contributed by atoms with Crippen LogP contribution in [0.5, 0.6) is 5.75 Å². The van der Waals surface area contributed by atoms with Gasteiger partial charge < -0.3 is 15.5 Å². The molecule has 0 bridgehead atoms. The van der Waals surface area contributed by atoms with E-state index in [1.54, 1.807) is 18.2 Å². The second kappa shape index (κ2) is 6.86. The van der Waals surface area contributed by atoms with Crippen molar-refractivity contribution in [2.45, 2.75) is 12.5 Å². The minimum absolute atomic E-state index is 0.0806. The Labute approximate surface area is 157 Å².